The zero-order chi connectivity index (χ0) is 14.3. The third kappa shape index (κ3) is 2.20. The molecule has 3 heterocycles. The molecule has 0 bridgehead atoms. The SMILES string of the molecule is CC(F)(F)c1ccc2ncc(-c3cc(Cl)ncn3)n2n1. The third-order valence-corrected chi connectivity index (χ3v) is 2.91. The summed E-state index contributed by atoms with van der Waals surface area (Å²) in [5.74, 6) is -3.03. The van der Waals surface area contributed by atoms with Gasteiger partial charge in [0.15, 0.2) is 5.65 Å². The van der Waals surface area contributed by atoms with Crippen molar-refractivity contribution in [3.63, 3.8) is 0 Å². The van der Waals surface area contributed by atoms with E-state index in [9.17, 15) is 8.78 Å². The van der Waals surface area contributed by atoms with Crippen molar-refractivity contribution in [1.29, 1.82) is 0 Å². The van der Waals surface area contributed by atoms with Crippen LogP contribution in [0.1, 0.15) is 12.6 Å². The van der Waals surface area contributed by atoms with Gasteiger partial charge in [-0.3, -0.25) is 0 Å². The van der Waals surface area contributed by atoms with E-state index in [0.717, 1.165) is 6.92 Å². The van der Waals surface area contributed by atoms with Gasteiger partial charge >= 0.3 is 0 Å². The fourth-order valence-corrected chi connectivity index (χ4v) is 1.90. The van der Waals surface area contributed by atoms with Crippen LogP contribution in [0.15, 0.2) is 30.7 Å². The first-order valence-corrected chi connectivity index (χ1v) is 6.04. The molecule has 0 aromatic carbocycles. The summed E-state index contributed by atoms with van der Waals surface area (Å²) < 4.78 is 28.0. The third-order valence-electron chi connectivity index (χ3n) is 2.71. The average Bonchev–Trinajstić information content (AvgIpc) is 2.80. The monoisotopic (exact) mass is 295 g/mol. The van der Waals surface area contributed by atoms with E-state index >= 15 is 0 Å². The van der Waals surface area contributed by atoms with Crippen molar-refractivity contribution in [2.75, 3.05) is 0 Å². The van der Waals surface area contributed by atoms with Gasteiger partial charge in [0.2, 0.25) is 0 Å². The number of imidazole rings is 1. The van der Waals surface area contributed by atoms with Gasteiger partial charge < -0.3 is 0 Å². The van der Waals surface area contributed by atoms with Gasteiger partial charge in [-0.05, 0) is 12.1 Å². The minimum atomic E-state index is -3.03. The van der Waals surface area contributed by atoms with Crippen molar-refractivity contribution in [3.8, 4) is 11.4 Å². The van der Waals surface area contributed by atoms with Crippen molar-refractivity contribution in [1.82, 2.24) is 24.6 Å². The van der Waals surface area contributed by atoms with E-state index in [4.69, 9.17) is 11.6 Å². The first kappa shape index (κ1) is 12.9. The summed E-state index contributed by atoms with van der Waals surface area (Å²) >= 11 is 5.80. The minimum Gasteiger partial charge on any atom is -0.235 e. The van der Waals surface area contributed by atoms with Crippen LogP contribution in [0, 0.1) is 0 Å². The van der Waals surface area contributed by atoms with Gasteiger partial charge in [0.05, 0.1) is 11.9 Å². The lowest BCUT2D eigenvalue weighted by atomic mass is 10.2. The molecule has 102 valence electrons. The van der Waals surface area contributed by atoms with Crippen LogP contribution in [0.3, 0.4) is 0 Å². The molecule has 0 N–H and O–H groups in total. The Kier molecular flexibility index (Phi) is 2.86. The molecule has 0 radical (unpaired) electrons. The second kappa shape index (κ2) is 4.45. The Morgan fingerprint density at radius 1 is 1.20 bits per heavy atom. The number of rotatable bonds is 2. The number of aromatic nitrogens is 5. The van der Waals surface area contributed by atoms with Crippen LogP contribution in [0.25, 0.3) is 17.0 Å². The molecule has 0 amide bonds. The second-order valence-electron chi connectivity index (χ2n) is 4.25. The van der Waals surface area contributed by atoms with Gasteiger partial charge in [-0.15, -0.1) is 0 Å². The smallest absolute Gasteiger partial charge is 0.235 e. The van der Waals surface area contributed by atoms with E-state index in [2.05, 4.69) is 20.1 Å². The highest BCUT2D eigenvalue weighted by atomic mass is 35.5. The summed E-state index contributed by atoms with van der Waals surface area (Å²) in [5, 5.41) is 4.16. The highest BCUT2D eigenvalue weighted by molar-refractivity contribution is 6.29. The Morgan fingerprint density at radius 2 is 2.00 bits per heavy atom. The van der Waals surface area contributed by atoms with E-state index in [1.807, 2.05) is 0 Å². The maximum Gasteiger partial charge on any atom is 0.288 e. The summed E-state index contributed by atoms with van der Waals surface area (Å²) in [6.07, 6.45) is 2.79. The molecule has 8 heteroatoms. The lowest BCUT2D eigenvalue weighted by Gasteiger charge is -2.09. The average molecular weight is 296 g/mol. The predicted molar refractivity (Wildman–Crippen MR) is 68.6 cm³/mol. The largest absolute Gasteiger partial charge is 0.288 e. The Hall–Kier alpha value is -2.15. The summed E-state index contributed by atoms with van der Waals surface area (Å²) in [5.41, 5.74) is 1.03. The highest BCUT2D eigenvalue weighted by Crippen LogP contribution is 2.26. The molecule has 0 saturated heterocycles. The number of hydrogen-bond donors (Lipinski definition) is 0. The van der Waals surface area contributed by atoms with Crippen molar-refractivity contribution >= 4 is 17.2 Å². The fraction of sp³-hybridized carbons (Fsp3) is 0.167. The summed E-state index contributed by atoms with van der Waals surface area (Å²) in [4.78, 5) is 11.9. The summed E-state index contributed by atoms with van der Waals surface area (Å²) in [7, 11) is 0. The van der Waals surface area contributed by atoms with E-state index in [1.54, 1.807) is 0 Å². The molecule has 0 aliphatic rings. The number of hydrogen-bond acceptors (Lipinski definition) is 4. The summed E-state index contributed by atoms with van der Waals surface area (Å²) in [6.45, 7) is 0.791. The van der Waals surface area contributed by atoms with Crippen LogP contribution in [-0.2, 0) is 5.92 Å². The second-order valence-corrected chi connectivity index (χ2v) is 4.63. The molecular formula is C12H8ClF2N5. The van der Waals surface area contributed by atoms with Gasteiger partial charge in [0.25, 0.3) is 5.92 Å². The van der Waals surface area contributed by atoms with Gasteiger partial charge in [0.1, 0.15) is 22.9 Å². The van der Waals surface area contributed by atoms with Crippen LogP contribution in [0.2, 0.25) is 5.15 Å². The van der Waals surface area contributed by atoms with Crippen LogP contribution in [0.4, 0.5) is 8.78 Å². The Morgan fingerprint density at radius 3 is 2.70 bits per heavy atom. The normalized spacial score (nSPS) is 12.0. The van der Waals surface area contributed by atoms with E-state index < -0.39 is 5.92 Å². The molecular weight excluding hydrogens is 288 g/mol. The zero-order valence-corrected chi connectivity index (χ0v) is 11.0. The molecule has 0 saturated carbocycles. The molecule has 0 fully saturated rings. The topological polar surface area (TPSA) is 56.0 Å². The molecule has 0 aliphatic carbocycles. The number of nitrogens with zero attached hydrogens (tertiary/aromatic N) is 5. The Labute approximate surface area is 117 Å². The number of fused-ring (bicyclic) bond motifs is 1. The van der Waals surface area contributed by atoms with Gasteiger partial charge in [-0.2, -0.15) is 13.9 Å². The van der Waals surface area contributed by atoms with Crippen LogP contribution >= 0.6 is 11.6 Å². The van der Waals surface area contributed by atoms with Crippen LogP contribution in [0.5, 0.6) is 0 Å². The van der Waals surface area contributed by atoms with Gasteiger partial charge in [-0.25, -0.2) is 19.5 Å². The molecule has 0 atom stereocenters. The van der Waals surface area contributed by atoms with E-state index in [1.165, 1.54) is 35.2 Å². The fourth-order valence-electron chi connectivity index (χ4n) is 1.76. The number of halogens is 3. The first-order chi connectivity index (χ1) is 9.45. The molecule has 3 rings (SSSR count). The standard InChI is InChI=1S/C12H8ClF2N5/c1-12(14,15)9-2-3-11-16-5-8(20(11)19-9)7-4-10(13)18-6-17-7/h2-6H,1H3. The maximum atomic E-state index is 13.3. The molecule has 5 nitrogen and oxygen atoms in total. The Bertz CT molecular complexity index is 781. The van der Waals surface area contributed by atoms with E-state index in [-0.39, 0.29) is 10.8 Å². The van der Waals surface area contributed by atoms with Crippen LogP contribution < -0.4 is 0 Å². The highest BCUT2D eigenvalue weighted by Gasteiger charge is 2.27. The van der Waals surface area contributed by atoms with Gasteiger partial charge in [-0.1, -0.05) is 11.6 Å². The van der Waals surface area contributed by atoms with Crippen molar-refractivity contribution in [2.24, 2.45) is 0 Å². The van der Waals surface area contributed by atoms with Crippen molar-refractivity contribution in [2.45, 2.75) is 12.8 Å². The minimum absolute atomic E-state index is 0.252. The quantitative estimate of drug-likeness (QED) is 0.682. The maximum absolute atomic E-state index is 13.3. The van der Waals surface area contributed by atoms with Crippen molar-refractivity contribution < 1.29 is 8.78 Å². The lowest BCUT2D eigenvalue weighted by Crippen LogP contribution is -2.12. The first-order valence-electron chi connectivity index (χ1n) is 5.66. The number of alkyl halides is 2. The lowest BCUT2D eigenvalue weighted by molar-refractivity contribution is 0.0116. The van der Waals surface area contributed by atoms with Crippen LogP contribution in [-0.4, -0.2) is 24.6 Å². The predicted octanol–water partition coefficient (Wildman–Crippen LogP) is 2.95. The van der Waals surface area contributed by atoms with E-state index in [0.29, 0.717) is 17.0 Å². The molecule has 20 heavy (non-hydrogen) atoms. The molecule has 3 aromatic rings. The summed E-state index contributed by atoms with van der Waals surface area (Å²) in [6, 6.07) is 4.24. The van der Waals surface area contributed by atoms with Crippen molar-refractivity contribution in [3.05, 3.63) is 41.6 Å². The Balaban J connectivity index is 2.22. The molecule has 0 spiro atoms. The molecule has 3 aromatic heterocycles. The molecule has 0 unspecified atom stereocenters. The zero-order valence-electron chi connectivity index (χ0n) is 10.3. The van der Waals surface area contributed by atoms with Gasteiger partial charge in [0, 0.05) is 13.0 Å². The molecule has 0 aliphatic heterocycles.